The maximum absolute atomic E-state index is 12.6. The Labute approximate surface area is 125 Å². The van der Waals surface area contributed by atoms with Gasteiger partial charge in [-0.25, -0.2) is 8.42 Å². The van der Waals surface area contributed by atoms with E-state index in [1.807, 2.05) is 39.0 Å². The smallest absolute Gasteiger partial charge is 0.265 e. The monoisotopic (exact) mass is 305 g/mol. The number of rotatable bonds is 5. The number of hydrogen-bond donors (Lipinski definition) is 1. The molecule has 0 radical (unpaired) electrons. The van der Waals surface area contributed by atoms with Gasteiger partial charge in [-0.1, -0.05) is 24.3 Å². The summed E-state index contributed by atoms with van der Waals surface area (Å²) >= 11 is 0. The van der Waals surface area contributed by atoms with Crippen LogP contribution in [0.1, 0.15) is 18.1 Å². The van der Waals surface area contributed by atoms with Gasteiger partial charge >= 0.3 is 0 Å². The highest BCUT2D eigenvalue weighted by Crippen LogP contribution is 2.27. The third-order valence-electron chi connectivity index (χ3n) is 3.08. The lowest BCUT2D eigenvalue weighted by atomic mass is 10.2. The van der Waals surface area contributed by atoms with E-state index in [9.17, 15) is 8.42 Å². The summed E-state index contributed by atoms with van der Waals surface area (Å²) in [5.41, 5.74) is 2.30. The number of hydrogen-bond acceptors (Lipinski definition) is 3. The second-order valence-electron chi connectivity index (χ2n) is 4.80. The molecule has 0 heterocycles. The van der Waals surface area contributed by atoms with Gasteiger partial charge in [0.25, 0.3) is 10.0 Å². The molecule has 0 spiro atoms. The lowest BCUT2D eigenvalue weighted by Crippen LogP contribution is -2.15. The van der Waals surface area contributed by atoms with E-state index in [1.165, 1.54) is 0 Å². The fraction of sp³-hybridized carbons (Fsp3) is 0.250. The minimum atomic E-state index is -3.69. The van der Waals surface area contributed by atoms with E-state index in [0.29, 0.717) is 18.0 Å². The molecule has 1 N–H and O–H groups in total. The second kappa shape index (κ2) is 6.18. The summed E-state index contributed by atoms with van der Waals surface area (Å²) in [5.74, 6) is 0.365. The van der Waals surface area contributed by atoms with Crippen LogP contribution in [0.25, 0.3) is 0 Å². The van der Waals surface area contributed by atoms with Crippen LogP contribution in [0.2, 0.25) is 0 Å². The van der Waals surface area contributed by atoms with Crippen LogP contribution in [0, 0.1) is 13.8 Å². The Hall–Kier alpha value is -2.01. The maximum atomic E-state index is 12.6. The first-order chi connectivity index (χ1) is 9.94. The Morgan fingerprint density at radius 1 is 1.10 bits per heavy atom. The van der Waals surface area contributed by atoms with E-state index >= 15 is 0 Å². The molecule has 2 aromatic carbocycles. The van der Waals surface area contributed by atoms with Crippen molar-refractivity contribution in [3.8, 4) is 5.75 Å². The molecule has 0 aliphatic heterocycles. The predicted molar refractivity (Wildman–Crippen MR) is 84.3 cm³/mol. The molecule has 2 aromatic rings. The van der Waals surface area contributed by atoms with Crippen LogP contribution in [-0.4, -0.2) is 15.0 Å². The van der Waals surface area contributed by atoms with Crippen LogP contribution < -0.4 is 9.46 Å². The van der Waals surface area contributed by atoms with Gasteiger partial charge in [-0.15, -0.1) is 0 Å². The van der Waals surface area contributed by atoms with Crippen molar-refractivity contribution >= 4 is 15.7 Å². The van der Waals surface area contributed by atoms with Crippen molar-refractivity contribution in [3.63, 3.8) is 0 Å². The molecule has 0 bridgehead atoms. The third-order valence-corrected chi connectivity index (χ3v) is 4.46. The Bertz CT molecular complexity index is 739. The fourth-order valence-corrected chi connectivity index (χ4v) is 3.35. The van der Waals surface area contributed by atoms with Gasteiger partial charge in [-0.2, -0.15) is 0 Å². The molecule has 0 saturated heterocycles. The summed E-state index contributed by atoms with van der Waals surface area (Å²) < 4.78 is 33.3. The van der Waals surface area contributed by atoms with Crippen LogP contribution in [0.5, 0.6) is 5.75 Å². The summed E-state index contributed by atoms with van der Waals surface area (Å²) in [4.78, 5) is 0.160. The Kier molecular flexibility index (Phi) is 4.53. The summed E-state index contributed by atoms with van der Waals surface area (Å²) in [5, 5.41) is 0. The molecule has 0 aliphatic carbocycles. The number of para-hydroxylation sites is 1. The van der Waals surface area contributed by atoms with Gasteiger partial charge in [0.1, 0.15) is 10.6 Å². The first kappa shape index (κ1) is 15.4. The van der Waals surface area contributed by atoms with Crippen molar-refractivity contribution < 1.29 is 13.2 Å². The largest absolute Gasteiger partial charge is 0.492 e. The number of nitrogens with one attached hydrogen (secondary N) is 1. The molecule has 0 fully saturated rings. The summed E-state index contributed by atoms with van der Waals surface area (Å²) in [6.45, 7) is 5.95. The summed E-state index contributed by atoms with van der Waals surface area (Å²) in [6.07, 6.45) is 0. The van der Waals surface area contributed by atoms with Gasteiger partial charge in [0, 0.05) is 0 Å². The molecule has 0 atom stereocenters. The normalized spacial score (nSPS) is 11.2. The molecule has 0 unspecified atom stereocenters. The van der Waals surface area contributed by atoms with E-state index in [2.05, 4.69) is 4.72 Å². The maximum Gasteiger partial charge on any atom is 0.265 e. The van der Waals surface area contributed by atoms with Gasteiger partial charge in [0.05, 0.1) is 12.3 Å². The molecule has 0 saturated carbocycles. The highest BCUT2D eigenvalue weighted by atomic mass is 32.2. The SMILES string of the molecule is CCOc1ccc(C)cc1S(=O)(=O)Nc1ccccc1C. The van der Waals surface area contributed by atoms with Crippen molar-refractivity contribution in [2.45, 2.75) is 25.7 Å². The average molecular weight is 305 g/mol. The number of ether oxygens (including phenoxy) is 1. The summed E-state index contributed by atoms with van der Waals surface area (Å²) in [7, 11) is -3.69. The fourth-order valence-electron chi connectivity index (χ4n) is 1.99. The van der Waals surface area contributed by atoms with Crippen molar-refractivity contribution in [2.75, 3.05) is 11.3 Å². The van der Waals surface area contributed by atoms with Crippen LogP contribution in [0.4, 0.5) is 5.69 Å². The van der Waals surface area contributed by atoms with Gasteiger partial charge in [-0.3, -0.25) is 4.72 Å². The third kappa shape index (κ3) is 3.55. The van der Waals surface area contributed by atoms with E-state index < -0.39 is 10.0 Å². The van der Waals surface area contributed by atoms with Crippen LogP contribution in [0.3, 0.4) is 0 Å². The Morgan fingerprint density at radius 2 is 1.81 bits per heavy atom. The predicted octanol–water partition coefficient (Wildman–Crippen LogP) is 3.50. The van der Waals surface area contributed by atoms with E-state index in [4.69, 9.17) is 4.74 Å². The molecule has 2 rings (SSSR count). The molecular weight excluding hydrogens is 286 g/mol. The molecule has 0 amide bonds. The molecule has 112 valence electrons. The number of benzene rings is 2. The standard InChI is InChI=1S/C16H19NO3S/c1-4-20-15-10-9-12(2)11-16(15)21(18,19)17-14-8-6-5-7-13(14)3/h5-11,17H,4H2,1-3H3. The van der Waals surface area contributed by atoms with Crippen molar-refractivity contribution in [3.05, 3.63) is 53.6 Å². The Morgan fingerprint density at radius 3 is 2.48 bits per heavy atom. The minimum Gasteiger partial charge on any atom is -0.492 e. The zero-order valence-electron chi connectivity index (χ0n) is 12.4. The van der Waals surface area contributed by atoms with Gasteiger partial charge in [-0.05, 0) is 50.1 Å². The second-order valence-corrected chi connectivity index (χ2v) is 6.45. The van der Waals surface area contributed by atoms with E-state index in [1.54, 1.807) is 24.3 Å². The zero-order chi connectivity index (χ0) is 15.5. The molecule has 4 nitrogen and oxygen atoms in total. The lowest BCUT2D eigenvalue weighted by molar-refractivity contribution is 0.331. The Balaban J connectivity index is 2.44. The van der Waals surface area contributed by atoms with Crippen LogP contribution >= 0.6 is 0 Å². The van der Waals surface area contributed by atoms with Crippen molar-refractivity contribution in [2.24, 2.45) is 0 Å². The number of aryl methyl sites for hydroxylation is 2. The minimum absolute atomic E-state index is 0.160. The van der Waals surface area contributed by atoms with Gasteiger partial charge < -0.3 is 4.74 Å². The van der Waals surface area contributed by atoms with Gasteiger partial charge in [0.15, 0.2) is 0 Å². The van der Waals surface area contributed by atoms with Crippen molar-refractivity contribution in [1.82, 2.24) is 0 Å². The lowest BCUT2D eigenvalue weighted by Gasteiger charge is -2.14. The van der Waals surface area contributed by atoms with Crippen molar-refractivity contribution in [1.29, 1.82) is 0 Å². The zero-order valence-corrected chi connectivity index (χ0v) is 13.2. The molecule has 0 aromatic heterocycles. The van der Waals surface area contributed by atoms with Crippen LogP contribution in [-0.2, 0) is 10.0 Å². The summed E-state index contributed by atoms with van der Waals surface area (Å²) in [6, 6.07) is 12.4. The number of anilines is 1. The molecule has 0 aliphatic rings. The highest BCUT2D eigenvalue weighted by molar-refractivity contribution is 7.92. The van der Waals surface area contributed by atoms with Gasteiger partial charge in [0.2, 0.25) is 0 Å². The highest BCUT2D eigenvalue weighted by Gasteiger charge is 2.20. The molecule has 5 heteroatoms. The molecular formula is C16H19NO3S. The van der Waals surface area contributed by atoms with E-state index in [-0.39, 0.29) is 4.90 Å². The first-order valence-electron chi connectivity index (χ1n) is 6.76. The topological polar surface area (TPSA) is 55.4 Å². The number of sulfonamides is 1. The quantitative estimate of drug-likeness (QED) is 0.919. The average Bonchev–Trinajstić information content (AvgIpc) is 2.43. The van der Waals surface area contributed by atoms with Crippen LogP contribution in [0.15, 0.2) is 47.4 Å². The first-order valence-corrected chi connectivity index (χ1v) is 8.24. The van der Waals surface area contributed by atoms with E-state index in [0.717, 1.165) is 11.1 Å². The molecule has 21 heavy (non-hydrogen) atoms.